The smallest absolute Gasteiger partial charge is 0.330 e. The van der Waals surface area contributed by atoms with Gasteiger partial charge in [-0.1, -0.05) is 52.3 Å². The largest absolute Gasteiger partial charge is 0.397 e. The first-order chi connectivity index (χ1) is 8.59. The lowest BCUT2D eigenvalue weighted by Crippen LogP contribution is -2.15. The van der Waals surface area contributed by atoms with Crippen LogP contribution in [0.25, 0.3) is 0 Å². The average molecular weight is 285 g/mol. The first-order valence-corrected chi connectivity index (χ1v) is 7.89. The number of sulfonamides is 1. The van der Waals surface area contributed by atoms with E-state index in [1.54, 1.807) is 30.5 Å². The Balaban J connectivity index is 2.08. The molecule has 8 heteroatoms. The van der Waals surface area contributed by atoms with Crippen LogP contribution >= 0.6 is 11.8 Å². The zero-order chi connectivity index (χ0) is 13.0. The molecule has 0 atom stereocenters. The molecule has 6 nitrogen and oxygen atoms in total. The number of hydrogen-bond donors (Lipinski definition) is 1. The Labute approximate surface area is 109 Å². The predicted molar refractivity (Wildman–Crippen MR) is 68.8 cm³/mol. The van der Waals surface area contributed by atoms with Crippen molar-refractivity contribution < 1.29 is 12.8 Å². The number of nitrogens with zero attached hydrogens (tertiary/aromatic N) is 2. The van der Waals surface area contributed by atoms with Crippen molar-refractivity contribution in [2.24, 2.45) is 0 Å². The zero-order valence-electron chi connectivity index (χ0n) is 9.53. The molecule has 0 amide bonds. The first-order valence-electron chi connectivity index (χ1n) is 5.01. The van der Waals surface area contributed by atoms with Gasteiger partial charge in [0.25, 0.3) is 5.22 Å². The number of thioether (sulfide) groups is 1. The summed E-state index contributed by atoms with van der Waals surface area (Å²) in [6.45, 7) is 0. The van der Waals surface area contributed by atoms with Crippen LogP contribution in [0.1, 0.15) is 5.56 Å². The molecule has 96 valence electrons. The molecule has 0 radical (unpaired) electrons. The van der Waals surface area contributed by atoms with Crippen LogP contribution in [0.5, 0.6) is 0 Å². The van der Waals surface area contributed by atoms with Gasteiger partial charge in [-0.3, -0.25) is 0 Å². The highest BCUT2D eigenvalue weighted by Gasteiger charge is 2.15. The lowest BCUT2D eigenvalue weighted by Gasteiger charge is -2.03. The van der Waals surface area contributed by atoms with E-state index in [-0.39, 0.29) is 11.8 Å². The molecule has 0 saturated heterocycles. The van der Waals surface area contributed by atoms with Crippen LogP contribution in [0, 0.1) is 0 Å². The van der Waals surface area contributed by atoms with Gasteiger partial charge in [0.2, 0.25) is 10.0 Å². The van der Waals surface area contributed by atoms with Gasteiger partial charge in [0.15, 0.2) is 0 Å². The Bertz CT molecular complexity index is 610. The van der Waals surface area contributed by atoms with E-state index in [9.17, 15) is 8.42 Å². The molecule has 0 aliphatic heterocycles. The van der Waals surface area contributed by atoms with Crippen LogP contribution in [0.4, 0.5) is 6.01 Å². The van der Waals surface area contributed by atoms with Gasteiger partial charge in [-0.05, 0) is 11.8 Å². The summed E-state index contributed by atoms with van der Waals surface area (Å²) in [5, 5.41) is 7.54. The highest BCUT2D eigenvalue weighted by Crippen LogP contribution is 2.16. The molecule has 0 unspecified atom stereocenters. The molecule has 1 aromatic carbocycles. The number of hydrogen-bond acceptors (Lipinski definition) is 6. The van der Waals surface area contributed by atoms with Gasteiger partial charge >= 0.3 is 6.01 Å². The standard InChI is InChI=1S/C10H11N3O3S2/c1-17-10-12-11-9(16-10)13-18(14,15)7-8-5-3-2-4-6-8/h2-6H,7H2,1H3,(H,11,13). The van der Waals surface area contributed by atoms with Crippen LogP contribution in [-0.2, 0) is 15.8 Å². The topological polar surface area (TPSA) is 85.1 Å². The SMILES string of the molecule is CSc1nnc(NS(=O)(=O)Cc2ccccc2)o1. The molecule has 1 N–H and O–H groups in total. The number of benzene rings is 1. The van der Waals surface area contributed by atoms with Crippen molar-refractivity contribution in [3.8, 4) is 0 Å². The van der Waals surface area contributed by atoms with Crippen molar-refractivity contribution in [2.75, 3.05) is 11.0 Å². The second kappa shape index (κ2) is 5.40. The van der Waals surface area contributed by atoms with Gasteiger partial charge in [0, 0.05) is 0 Å². The second-order valence-electron chi connectivity index (χ2n) is 3.42. The van der Waals surface area contributed by atoms with E-state index >= 15 is 0 Å². The van der Waals surface area contributed by atoms with Gasteiger partial charge in [0.1, 0.15) is 0 Å². The fourth-order valence-corrected chi connectivity index (χ4v) is 2.63. The van der Waals surface area contributed by atoms with Gasteiger partial charge in [0.05, 0.1) is 5.75 Å². The molecule has 0 aliphatic rings. The van der Waals surface area contributed by atoms with Crippen molar-refractivity contribution >= 4 is 27.8 Å². The van der Waals surface area contributed by atoms with Gasteiger partial charge in [-0.25, -0.2) is 13.1 Å². The number of anilines is 1. The van der Waals surface area contributed by atoms with Gasteiger partial charge in [-0.2, -0.15) is 0 Å². The highest BCUT2D eigenvalue weighted by atomic mass is 32.2. The van der Waals surface area contributed by atoms with Crippen molar-refractivity contribution in [2.45, 2.75) is 11.0 Å². The Morgan fingerprint density at radius 2 is 2.00 bits per heavy atom. The van der Waals surface area contributed by atoms with E-state index in [4.69, 9.17) is 4.42 Å². The fraction of sp³-hybridized carbons (Fsp3) is 0.200. The third kappa shape index (κ3) is 3.47. The number of aromatic nitrogens is 2. The molecule has 18 heavy (non-hydrogen) atoms. The number of nitrogens with one attached hydrogen (secondary N) is 1. The van der Waals surface area contributed by atoms with Crippen molar-refractivity contribution in [3.63, 3.8) is 0 Å². The molecule has 0 fully saturated rings. The normalized spacial score (nSPS) is 11.4. The van der Waals surface area contributed by atoms with Crippen molar-refractivity contribution in [3.05, 3.63) is 35.9 Å². The monoisotopic (exact) mass is 285 g/mol. The zero-order valence-corrected chi connectivity index (χ0v) is 11.2. The quantitative estimate of drug-likeness (QED) is 0.842. The third-order valence-corrected chi connectivity index (χ3v) is 3.74. The summed E-state index contributed by atoms with van der Waals surface area (Å²) < 4.78 is 30.9. The maximum absolute atomic E-state index is 11.8. The van der Waals surface area contributed by atoms with Crippen LogP contribution in [0.15, 0.2) is 40.0 Å². The van der Waals surface area contributed by atoms with E-state index in [1.807, 2.05) is 6.07 Å². The van der Waals surface area contributed by atoms with Crippen molar-refractivity contribution in [1.29, 1.82) is 0 Å². The molecule has 0 spiro atoms. The van der Waals surface area contributed by atoms with Crippen molar-refractivity contribution in [1.82, 2.24) is 10.2 Å². The second-order valence-corrected chi connectivity index (χ2v) is 5.90. The Kier molecular flexibility index (Phi) is 3.87. The first kappa shape index (κ1) is 12.9. The lowest BCUT2D eigenvalue weighted by molar-refractivity contribution is 0.469. The maximum Gasteiger partial charge on any atom is 0.330 e. The van der Waals surface area contributed by atoms with E-state index in [0.717, 1.165) is 0 Å². The van der Waals surface area contributed by atoms with Crippen LogP contribution < -0.4 is 4.72 Å². The lowest BCUT2D eigenvalue weighted by atomic mass is 10.2. The summed E-state index contributed by atoms with van der Waals surface area (Å²) in [7, 11) is -3.54. The van der Waals surface area contributed by atoms with E-state index in [1.165, 1.54) is 11.8 Å². The van der Waals surface area contributed by atoms with Crippen LogP contribution in [0.2, 0.25) is 0 Å². The minimum Gasteiger partial charge on any atom is -0.397 e. The average Bonchev–Trinajstić information content (AvgIpc) is 2.76. The van der Waals surface area contributed by atoms with E-state index < -0.39 is 10.0 Å². The molecule has 1 heterocycles. The summed E-state index contributed by atoms with van der Waals surface area (Å²) in [6, 6.07) is 8.75. The Morgan fingerprint density at radius 1 is 1.28 bits per heavy atom. The molecular weight excluding hydrogens is 274 g/mol. The molecule has 0 bridgehead atoms. The highest BCUT2D eigenvalue weighted by molar-refractivity contribution is 7.98. The molecule has 0 saturated carbocycles. The number of rotatable bonds is 5. The Hall–Kier alpha value is -1.54. The predicted octanol–water partition coefficient (Wildman–Crippen LogP) is 1.73. The fourth-order valence-electron chi connectivity index (χ4n) is 1.30. The summed E-state index contributed by atoms with van der Waals surface area (Å²) in [4.78, 5) is 0. The van der Waals surface area contributed by atoms with Gasteiger partial charge in [-0.15, -0.1) is 0 Å². The van der Waals surface area contributed by atoms with E-state index in [0.29, 0.717) is 10.8 Å². The van der Waals surface area contributed by atoms with Crippen LogP contribution in [0.3, 0.4) is 0 Å². The summed E-state index contributed by atoms with van der Waals surface area (Å²) in [5.74, 6) is -0.134. The molecule has 2 aromatic rings. The van der Waals surface area contributed by atoms with Gasteiger partial charge < -0.3 is 4.42 Å². The van der Waals surface area contributed by atoms with Crippen LogP contribution in [-0.4, -0.2) is 24.9 Å². The molecular formula is C10H11N3O3S2. The summed E-state index contributed by atoms with van der Waals surface area (Å²) >= 11 is 1.24. The van der Waals surface area contributed by atoms with E-state index in [2.05, 4.69) is 14.9 Å². The third-order valence-electron chi connectivity index (χ3n) is 2.02. The Morgan fingerprint density at radius 3 is 2.61 bits per heavy atom. The maximum atomic E-state index is 11.8. The minimum absolute atomic E-state index is 0.115. The minimum atomic E-state index is -3.54. The molecule has 0 aliphatic carbocycles. The molecule has 2 rings (SSSR count). The summed E-state index contributed by atoms with van der Waals surface area (Å²) in [5.41, 5.74) is 0.689. The summed E-state index contributed by atoms with van der Waals surface area (Å²) in [6.07, 6.45) is 1.76. The molecule has 1 aromatic heterocycles.